The maximum absolute atomic E-state index is 6.98. The molecule has 0 N–H and O–H groups in total. The molecule has 0 unspecified atom stereocenters. The van der Waals surface area contributed by atoms with Crippen molar-refractivity contribution in [1.29, 1.82) is 0 Å². The van der Waals surface area contributed by atoms with Crippen molar-refractivity contribution in [2.45, 2.75) is 19.3 Å². The Labute approximate surface area is 469 Å². The van der Waals surface area contributed by atoms with Crippen molar-refractivity contribution in [2.75, 3.05) is 0 Å². The van der Waals surface area contributed by atoms with Gasteiger partial charge in [0.1, 0.15) is 11.2 Å². The second-order valence-electron chi connectivity index (χ2n) is 21.9. The highest BCUT2D eigenvalue weighted by Gasteiger charge is 2.37. The molecule has 5 heteroatoms. The van der Waals surface area contributed by atoms with Crippen molar-refractivity contribution in [3.05, 3.63) is 266 Å². The van der Waals surface area contributed by atoms with Crippen LogP contribution in [0.15, 0.2) is 259 Å². The van der Waals surface area contributed by atoms with E-state index in [9.17, 15) is 0 Å². The monoisotopic (exact) mass is 1060 g/mol. The molecule has 0 radical (unpaired) electrons. The minimum atomic E-state index is -0.0592. The van der Waals surface area contributed by atoms with Gasteiger partial charge in [-0.2, -0.15) is 0 Å². The summed E-state index contributed by atoms with van der Waals surface area (Å²) in [5.41, 5.74) is 19.2. The lowest BCUT2D eigenvalue weighted by molar-refractivity contribution is 0.654. The minimum absolute atomic E-state index is 0.0592. The van der Waals surface area contributed by atoms with Gasteiger partial charge in [0.2, 0.25) is 0 Å². The van der Waals surface area contributed by atoms with E-state index < -0.39 is 0 Å². The van der Waals surface area contributed by atoms with Gasteiger partial charge in [-0.05, 0) is 106 Å². The first-order chi connectivity index (χ1) is 39.5. The lowest BCUT2D eigenvalue weighted by Crippen LogP contribution is -2.14. The standard InChI is InChI=1S/C39H27NO.C36H21NS2/c1-39(2)31-14-8-6-12-29(31)35-32(39)22-20-27-28-21-23-34-36(38(28)41-37(27)35)30-13-7-9-15-33(30)40(34)26-18-16-25(17-19-26)24-10-4-3-5-11-24;1-2-8-22(9-3-1)23-14-16-24(17-15-23)37-29-12-6-4-10-27(29)33-30(37)20-18-25-26-19-21-32-34(36(26)39-35(25)33)28-11-5-7-13-31(28)38-32/h3-23H,1-2H3;1-21H. The van der Waals surface area contributed by atoms with Gasteiger partial charge in [-0.25, -0.2) is 0 Å². The third kappa shape index (κ3) is 6.53. The van der Waals surface area contributed by atoms with Gasteiger partial charge in [-0.1, -0.05) is 202 Å². The fraction of sp³-hybridized carbons (Fsp3) is 0.0400. The van der Waals surface area contributed by atoms with Gasteiger partial charge in [0.05, 0.1) is 27.5 Å². The van der Waals surface area contributed by atoms with Crippen LogP contribution in [0.5, 0.6) is 0 Å². The first-order valence-electron chi connectivity index (χ1n) is 27.5. The molecule has 3 nitrogen and oxygen atoms in total. The Morgan fingerprint density at radius 1 is 0.312 bits per heavy atom. The molecule has 5 aromatic heterocycles. The number of thiophene rings is 2. The van der Waals surface area contributed by atoms with Gasteiger partial charge >= 0.3 is 0 Å². The van der Waals surface area contributed by atoms with E-state index in [1.807, 2.05) is 22.7 Å². The van der Waals surface area contributed by atoms with E-state index in [1.54, 1.807) is 0 Å². The van der Waals surface area contributed by atoms with E-state index in [0.717, 1.165) is 22.4 Å². The molecule has 5 heterocycles. The normalized spacial score (nSPS) is 13.0. The molecule has 0 bridgehead atoms. The summed E-state index contributed by atoms with van der Waals surface area (Å²) in [6, 6.07) is 92.6. The van der Waals surface area contributed by atoms with Crippen LogP contribution in [0.4, 0.5) is 0 Å². The summed E-state index contributed by atoms with van der Waals surface area (Å²) in [5, 5.41) is 12.9. The number of furan rings is 1. The van der Waals surface area contributed by atoms with Crippen LogP contribution < -0.4 is 0 Å². The number of rotatable bonds is 4. The fourth-order valence-electron chi connectivity index (χ4n) is 13.5. The molecule has 12 aromatic carbocycles. The van der Waals surface area contributed by atoms with Crippen molar-refractivity contribution in [2.24, 2.45) is 0 Å². The second kappa shape index (κ2) is 17.2. The van der Waals surface area contributed by atoms with E-state index >= 15 is 0 Å². The Kier molecular flexibility index (Phi) is 9.80. The summed E-state index contributed by atoms with van der Waals surface area (Å²) in [6.07, 6.45) is 0. The van der Waals surface area contributed by atoms with Gasteiger partial charge in [0.25, 0.3) is 0 Å². The van der Waals surface area contributed by atoms with E-state index in [0.29, 0.717) is 0 Å². The molecule has 376 valence electrons. The summed E-state index contributed by atoms with van der Waals surface area (Å²) in [4.78, 5) is 0. The molecule has 1 aliphatic rings. The quantitative estimate of drug-likeness (QED) is 0.172. The highest BCUT2D eigenvalue weighted by atomic mass is 32.1. The highest BCUT2D eigenvalue weighted by molar-refractivity contribution is 7.30. The first kappa shape index (κ1) is 45.5. The fourth-order valence-corrected chi connectivity index (χ4v) is 16.1. The Morgan fingerprint density at radius 3 is 1.46 bits per heavy atom. The van der Waals surface area contributed by atoms with Crippen LogP contribution in [0.1, 0.15) is 25.0 Å². The average Bonchev–Trinajstić information content (AvgIpc) is 4.56. The summed E-state index contributed by atoms with van der Waals surface area (Å²) in [7, 11) is 0. The SMILES string of the molecule is CC1(C)c2ccccc2-c2c1ccc1c2oc2c1ccc1c2c2ccccc2n1-c1ccc(-c2ccccc2)cc1.c1ccc(-c2ccc(-n3c4ccccc4c4c5sc6c(ccc7sc8ccccc8c76)c5ccc43)cc2)cc1. The summed E-state index contributed by atoms with van der Waals surface area (Å²) in [5.74, 6) is 0. The largest absolute Gasteiger partial charge is 0.455 e. The highest BCUT2D eigenvalue weighted by Crippen LogP contribution is 2.54. The maximum atomic E-state index is 6.98. The van der Waals surface area contributed by atoms with Crippen molar-refractivity contribution < 1.29 is 4.42 Å². The van der Waals surface area contributed by atoms with Crippen LogP contribution in [0.3, 0.4) is 0 Å². The Balaban J connectivity index is 0.000000128. The Morgan fingerprint density at radius 2 is 0.800 bits per heavy atom. The van der Waals surface area contributed by atoms with Crippen LogP contribution in [0.2, 0.25) is 0 Å². The molecule has 80 heavy (non-hydrogen) atoms. The number of hydrogen-bond acceptors (Lipinski definition) is 3. The molecule has 1 aliphatic carbocycles. The number of hydrogen-bond donors (Lipinski definition) is 0. The van der Waals surface area contributed by atoms with Crippen molar-refractivity contribution in [1.82, 2.24) is 9.13 Å². The van der Waals surface area contributed by atoms with Gasteiger partial charge < -0.3 is 13.6 Å². The molecule has 0 aliphatic heterocycles. The van der Waals surface area contributed by atoms with Crippen LogP contribution in [0, 0.1) is 0 Å². The Bertz CT molecular complexity index is 5360. The molecular weight excluding hydrogens is 1010 g/mol. The summed E-state index contributed by atoms with van der Waals surface area (Å²) < 4.78 is 17.3. The lowest BCUT2D eigenvalue weighted by Gasteiger charge is -2.21. The van der Waals surface area contributed by atoms with Gasteiger partial charge in [-0.3, -0.25) is 0 Å². The predicted octanol–water partition coefficient (Wildman–Crippen LogP) is 21.8. The Hall–Kier alpha value is -9.52. The van der Waals surface area contributed by atoms with E-state index in [1.165, 1.54) is 139 Å². The molecule has 0 fully saturated rings. The molecule has 0 amide bonds. The topological polar surface area (TPSA) is 23.0 Å². The van der Waals surface area contributed by atoms with Gasteiger partial charge in [0.15, 0.2) is 0 Å². The predicted molar refractivity (Wildman–Crippen MR) is 343 cm³/mol. The molecule has 18 rings (SSSR count). The smallest absolute Gasteiger partial charge is 0.145 e. The van der Waals surface area contributed by atoms with Gasteiger partial charge in [-0.15, -0.1) is 22.7 Å². The van der Waals surface area contributed by atoms with Crippen LogP contribution in [-0.4, -0.2) is 9.13 Å². The molecule has 0 atom stereocenters. The van der Waals surface area contributed by atoms with Crippen molar-refractivity contribution >= 4 is 129 Å². The van der Waals surface area contributed by atoms with Crippen LogP contribution in [-0.2, 0) is 5.41 Å². The summed E-state index contributed by atoms with van der Waals surface area (Å²) in [6.45, 7) is 4.64. The third-order valence-electron chi connectivity index (χ3n) is 17.2. The molecular formula is C75H48N2OS2. The number of aromatic nitrogens is 2. The van der Waals surface area contributed by atoms with E-state index in [-0.39, 0.29) is 5.41 Å². The van der Waals surface area contributed by atoms with Crippen LogP contribution >= 0.6 is 22.7 Å². The zero-order chi connectivity index (χ0) is 52.8. The summed E-state index contributed by atoms with van der Waals surface area (Å²) >= 11 is 3.85. The van der Waals surface area contributed by atoms with E-state index in [2.05, 4.69) is 278 Å². The van der Waals surface area contributed by atoms with Crippen molar-refractivity contribution in [3.63, 3.8) is 0 Å². The zero-order valence-corrected chi connectivity index (χ0v) is 45.5. The van der Waals surface area contributed by atoms with E-state index in [4.69, 9.17) is 4.42 Å². The van der Waals surface area contributed by atoms with Gasteiger partial charge in [0, 0.05) is 89.6 Å². The average molecular weight is 1060 g/mol. The maximum Gasteiger partial charge on any atom is 0.145 e. The number of benzene rings is 12. The number of nitrogens with zero attached hydrogens (tertiary/aromatic N) is 2. The molecule has 0 spiro atoms. The second-order valence-corrected chi connectivity index (χ2v) is 24.0. The number of fused-ring (bicyclic) bond motifs is 22. The molecule has 0 saturated carbocycles. The van der Waals surface area contributed by atoms with Crippen molar-refractivity contribution in [3.8, 4) is 44.8 Å². The minimum Gasteiger partial charge on any atom is -0.455 e. The number of para-hydroxylation sites is 2. The zero-order valence-electron chi connectivity index (χ0n) is 43.9. The molecule has 17 aromatic rings. The van der Waals surface area contributed by atoms with Crippen LogP contribution in [0.25, 0.3) is 151 Å². The molecule has 0 saturated heterocycles. The lowest BCUT2D eigenvalue weighted by atomic mass is 9.82. The first-order valence-corrected chi connectivity index (χ1v) is 29.1. The third-order valence-corrected chi connectivity index (χ3v) is 19.6.